The highest BCUT2D eigenvalue weighted by Gasteiger charge is 2.65. The average Bonchev–Trinajstić information content (AvgIpc) is 1.68. The van der Waals surface area contributed by atoms with Crippen molar-refractivity contribution in [2.75, 3.05) is 106 Å². The number of fused-ring (bicyclic) bond motifs is 18. The van der Waals surface area contributed by atoms with Gasteiger partial charge >= 0.3 is 23.9 Å². The number of phenolic OH excluding ortho intramolecular Hbond substituents is 4. The van der Waals surface area contributed by atoms with Gasteiger partial charge in [0.25, 0.3) is 0 Å². The Morgan fingerprint density at radius 3 is 1.41 bits per heavy atom. The van der Waals surface area contributed by atoms with Crippen molar-refractivity contribution >= 4 is 70.6 Å². The van der Waals surface area contributed by atoms with Crippen LogP contribution in [0.5, 0.6) is 80.5 Å². The standard InChI is InChI=1S/C41H43ClN4O10S.C40H44ClN3O11S.2CH4/c1-18-10-21-11-23-24(14-43)46-25-15-53-40(50)41(22-13-27(51-4)26(47)12-20(22)7-9-44-41)16-57-39(33(46)32(45(23)3)29(21)34(49)35(18)52-5)31-30(25)38-37(54-17-55-38)19(2)36(31)56-28(48)6-8-42;1-17-10-20-11-22-38(48)44-23-14-52-39(49)40(21-13-25(50-4)24(45)12-19(21)7-9-42-40)15-56-37(31(44)30(43(22)3)27(20)32(47)33(17)51-5)29-28(23)36-35(53-16-54-36)18(2)34(29)55-26(46)6-8-41;;/h10,12-13,23-25,32-33,39,44,47,49H,6-9,11,15-17H2,1-5H3;10,12-13,22-23,30-31,37-38,42,45,47-48H,6-9,11,14-16H2,1-5H3;2*1H4/t23-,24-,25-,32+,33?,39+,41+;22-,23-,30+,31?,37+,38-,40+;;/m00../s1. The van der Waals surface area contributed by atoms with Crippen LogP contribution in [0, 0.1) is 39.0 Å². The Morgan fingerprint density at radius 2 is 0.983 bits per heavy atom. The number of alkyl halides is 2. The van der Waals surface area contributed by atoms with Crippen LogP contribution in [0.15, 0.2) is 36.4 Å². The molecule has 20 rings (SSSR count). The molecule has 115 heavy (non-hydrogen) atoms. The second-order valence-electron chi connectivity index (χ2n) is 30.7. The molecule has 2 unspecified atom stereocenters. The first-order chi connectivity index (χ1) is 54.4. The van der Waals surface area contributed by atoms with Crippen molar-refractivity contribution in [2.45, 2.75) is 163 Å². The molecule has 4 saturated heterocycles. The Hall–Kier alpha value is -8.71. The lowest BCUT2D eigenvalue weighted by molar-refractivity contribution is -0.186. The molecule has 0 amide bonds. The topological polar surface area (TPSA) is 341 Å². The van der Waals surface area contributed by atoms with Gasteiger partial charge in [-0.2, -0.15) is 5.26 Å². The number of aliphatic hydroxyl groups excluding tert-OH is 1. The van der Waals surface area contributed by atoms with Gasteiger partial charge < -0.3 is 82.4 Å². The van der Waals surface area contributed by atoms with Gasteiger partial charge in [-0.15, -0.1) is 46.7 Å². The van der Waals surface area contributed by atoms with E-state index in [2.05, 4.69) is 31.4 Å². The number of nitrogens with zero attached hydrogens (tertiary/aromatic N) is 5. The fourth-order valence-electron chi connectivity index (χ4n) is 20.4. The zero-order valence-electron chi connectivity index (χ0n) is 63.8. The molecule has 14 heterocycles. The lowest BCUT2D eigenvalue weighted by Gasteiger charge is -2.62. The van der Waals surface area contributed by atoms with E-state index in [4.69, 9.17) is 80.0 Å². The number of aliphatic hydroxyl groups is 1. The summed E-state index contributed by atoms with van der Waals surface area (Å²) in [6.07, 6.45) is 0.882. The molecule has 6 aromatic carbocycles. The number of carbonyl (C=O) groups excluding carboxylic acids is 4. The smallest absolute Gasteiger partial charge is 0.331 e. The summed E-state index contributed by atoms with van der Waals surface area (Å²) in [6, 6.07) is 8.18. The molecule has 14 atom stereocenters. The summed E-state index contributed by atoms with van der Waals surface area (Å²) in [4.78, 5) is 64.9. The van der Waals surface area contributed by atoms with Crippen LogP contribution in [-0.4, -0.2) is 211 Å². The second kappa shape index (κ2) is 31.0. The van der Waals surface area contributed by atoms with Gasteiger partial charge in [0.05, 0.1) is 88.1 Å². The number of nitrogens with one attached hydrogen (secondary N) is 2. The molecule has 0 aliphatic carbocycles. The first kappa shape index (κ1) is 81.4. The van der Waals surface area contributed by atoms with Crippen LogP contribution in [0.2, 0.25) is 0 Å². The number of halogens is 2. The van der Waals surface area contributed by atoms with Gasteiger partial charge in [0.1, 0.15) is 37.0 Å². The van der Waals surface area contributed by atoms with Gasteiger partial charge in [-0.05, 0) is 136 Å². The van der Waals surface area contributed by atoms with E-state index in [-0.39, 0.29) is 118 Å². The number of aromatic hydroxyl groups is 4. The molecule has 28 nitrogen and oxygen atoms in total. The number of hydrogen-bond donors (Lipinski definition) is 7. The molecule has 32 heteroatoms. The van der Waals surface area contributed by atoms with Crippen molar-refractivity contribution in [3.63, 3.8) is 0 Å². The van der Waals surface area contributed by atoms with E-state index in [9.17, 15) is 50.0 Å². The first-order valence-corrected chi connectivity index (χ1v) is 40.8. The molecule has 614 valence electrons. The van der Waals surface area contributed by atoms with Crippen LogP contribution in [-0.2, 0) is 65.4 Å². The predicted octanol–water partition coefficient (Wildman–Crippen LogP) is 9.89. The predicted molar refractivity (Wildman–Crippen MR) is 425 cm³/mol. The van der Waals surface area contributed by atoms with E-state index in [1.54, 1.807) is 24.3 Å². The number of likely N-dealkylation sites (N-methyl/N-ethyl adjacent to an activating group) is 2. The summed E-state index contributed by atoms with van der Waals surface area (Å²) in [7, 11) is 9.92. The molecule has 0 saturated carbocycles. The summed E-state index contributed by atoms with van der Waals surface area (Å²) in [5, 5.41) is 75.2. The third-order valence-electron chi connectivity index (χ3n) is 25.2. The third kappa shape index (κ3) is 12.2. The normalized spacial score (nSPS) is 28.1. The maximum atomic E-state index is 14.8. The van der Waals surface area contributed by atoms with Crippen LogP contribution >= 0.6 is 46.7 Å². The molecular formula is C83H95Cl2N7O21S2. The van der Waals surface area contributed by atoms with Crippen LogP contribution in [0.3, 0.4) is 0 Å². The van der Waals surface area contributed by atoms with Crippen molar-refractivity contribution in [3.8, 4) is 86.6 Å². The molecule has 2 spiro atoms. The highest BCUT2D eigenvalue weighted by Crippen LogP contribution is 2.68. The van der Waals surface area contributed by atoms with E-state index in [0.29, 0.717) is 140 Å². The van der Waals surface area contributed by atoms with Gasteiger partial charge in [0.2, 0.25) is 13.6 Å². The Balaban J connectivity index is 0.000000178. The van der Waals surface area contributed by atoms with E-state index in [0.717, 1.165) is 33.4 Å². The third-order valence-corrected chi connectivity index (χ3v) is 28.6. The number of phenols is 4. The summed E-state index contributed by atoms with van der Waals surface area (Å²) in [5.41, 5.74) is 8.49. The lowest BCUT2D eigenvalue weighted by atomic mass is 9.71. The van der Waals surface area contributed by atoms with E-state index in [1.165, 1.54) is 52.0 Å². The fourth-order valence-corrected chi connectivity index (χ4v) is 24.1. The molecule has 0 aromatic heterocycles. The minimum atomic E-state index is -1.38. The van der Waals surface area contributed by atoms with Crippen molar-refractivity contribution in [1.29, 1.82) is 5.26 Å². The summed E-state index contributed by atoms with van der Waals surface area (Å²) in [6.45, 7) is 7.71. The number of methoxy groups -OCH3 is 4. The number of esters is 4. The molecule has 14 aliphatic rings. The Bertz CT molecular complexity index is 5050. The Kier molecular flexibility index (Phi) is 21.9. The molecule has 4 fully saturated rings. The van der Waals surface area contributed by atoms with E-state index >= 15 is 0 Å². The van der Waals surface area contributed by atoms with Crippen LogP contribution in [0.25, 0.3) is 0 Å². The van der Waals surface area contributed by atoms with E-state index in [1.807, 2.05) is 58.8 Å². The van der Waals surface area contributed by atoms with Crippen LogP contribution in [0.1, 0.15) is 151 Å². The van der Waals surface area contributed by atoms with Gasteiger partial charge in [-0.3, -0.25) is 39.8 Å². The molecule has 14 aliphatic heterocycles. The summed E-state index contributed by atoms with van der Waals surface area (Å²) >= 11 is 15.0. The number of nitriles is 1. The largest absolute Gasteiger partial charge is 0.504 e. The fraction of sp³-hybridized carbons (Fsp3) is 0.506. The highest BCUT2D eigenvalue weighted by atomic mass is 35.5. The number of hydrogen-bond acceptors (Lipinski definition) is 30. The quantitative estimate of drug-likeness (QED) is 0.0381. The van der Waals surface area contributed by atoms with Gasteiger partial charge in [0, 0.05) is 99.0 Å². The van der Waals surface area contributed by atoms with Crippen molar-refractivity contribution in [1.82, 2.24) is 30.2 Å². The number of rotatable bonds is 10. The number of ether oxygens (including phenoxy) is 12. The van der Waals surface area contributed by atoms with Crippen molar-refractivity contribution < 1.29 is 102 Å². The average molecular weight is 1660 g/mol. The zero-order chi connectivity index (χ0) is 79.4. The number of benzene rings is 6. The number of thioether (sulfide) groups is 2. The van der Waals surface area contributed by atoms with Crippen LogP contribution in [0.4, 0.5) is 0 Å². The zero-order valence-corrected chi connectivity index (χ0v) is 66.9. The summed E-state index contributed by atoms with van der Waals surface area (Å²) in [5.74, 6) is 1.75. The maximum absolute atomic E-state index is 14.8. The molecule has 7 N–H and O–H groups in total. The number of aryl methyl sites for hydroxylation is 2. The van der Waals surface area contributed by atoms with Crippen molar-refractivity contribution in [2.24, 2.45) is 0 Å². The monoisotopic (exact) mass is 1660 g/mol. The lowest BCUT2D eigenvalue weighted by Crippen LogP contribution is -2.70. The molecular weight excluding hydrogens is 1570 g/mol. The molecule has 6 aromatic rings. The number of carbonyl (C=O) groups is 4. The minimum Gasteiger partial charge on any atom is -0.504 e. The Morgan fingerprint density at radius 1 is 0.565 bits per heavy atom. The Labute approximate surface area is 684 Å². The van der Waals surface area contributed by atoms with E-state index < -0.39 is 100 Å². The number of piperazine rings is 2. The summed E-state index contributed by atoms with van der Waals surface area (Å²) < 4.78 is 72.5. The van der Waals surface area contributed by atoms with Gasteiger partial charge in [-0.25, -0.2) is 9.59 Å². The maximum Gasteiger partial charge on any atom is 0.331 e. The van der Waals surface area contributed by atoms with Crippen LogP contribution < -0.4 is 58.0 Å². The minimum absolute atomic E-state index is 0. The van der Waals surface area contributed by atoms with Gasteiger partial charge in [-0.1, -0.05) is 27.0 Å². The second-order valence-corrected chi connectivity index (χ2v) is 33.7. The molecule has 0 radical (unpaired) electrons. The highest BCUT2D eigenvalue weighted by molar-refractivity contribution is 7.99. The molecule has 8 bridgehead atoms. The van der Waals surface area contributed by atoms with Gasteiger partial charge in [0.15, 0.2) is 80.1 Å². The first-order valence-electron chi connectivity index (χ1n) is 37.6. The SMILES string of the molecule is C.C.COc1cc2c(cc1O)CCN[C@]21CS[C@@H]2c3c(OC(=O)CCCl)c(C)c4c(c3[C@H](COC1=O)N1C2[C@H]2c3c(cc(C)c(OC)c3O)C[C@@H]([C@@H]1C#N)N2C)OCO4.COc1cc2c(cc1O)CCN[C@]21CS[C@@H]2c3c(OC(=O)CCCl)c(C)c4c(c3[C@H](COC1=O)N1C2[C@H]2c3c(cc(C)c(OC)c3O)C[C@@H]([C@@H]1O)N2C)OCO4. The van der Waals surface area contributed by atoms with Crippen molar-refractivity contribution in [3.05, 3.63) is 125 Å².